The molecule has 92 valence electrons. The van der Waals surface area contributed by atoms with Crippen molar-refractivity contribution < 1.29 is 4.79 Å². The van der Waals surface area contributed by atoms with Gasteiger partial charge in [0.1, 0.15) is 5.69 Å². The SMILES string of the molecule is Nc1cc(C(=O)N2CCCC2)nc2ccccc12. The predicted molar refractivity (Wildman–Crippen MR) is 71.3 cm³/mol. The van der Waals surface area contributed by atoms with Gasteiger partial charge in [0.05, 0.1) is 5.52 Å². The summed E-state index contributed by atoms with van der Waals surface area (Å²) in [5.74, 6) is -0.00930. The summed E-state index contributed by atoms with van der Waals surface area (Å²) in [7, 11) is 0. The van der Waals surface area contributed by atoms with Gasteiger partial charge in [0.15, 0.2) is 0 Å². The summed E-state index contributed by atoms with van der Waals surface area (Å²) < 4.78 is 0. The van der Waals surface area contributed by atoms with E-state index in [0.717, 1.165) is 36.8 Å². The number of hydrogen-bond acceptors (Lipinski definition) is 3. The van der Waals surface area contributed by atoms with E-state index in [0.29, 0.717) is 11.4 Å². The molecule has 0 atom stereocenters. The van der Waals surface area contributed by atoms with Gasteiger partial charge in [0, 0.05) is 24.2 Å². The van der Waals surface area contributed by atoms with Crippen LogP contribution in [0.25, 0.3) is 10.9 Å². The summed E-state index contributed by atoms with van der Waals surface area (Å²) in [6.45, 7) is 1.65. The number of anilines is 1. The Morgan fingerprint density at radius 3 is 2.72 bits per heavy atom. The van der Waals surface area contributed by atoms with Crippen molar-refractivity contribution in [2.24, 2.45) is 0 Å². The highest BCUT2D eigenvalue weighted by Gasteiger charge is 2.21. The Morgan fingerprint density at radius 2 is 1.94 bits per heavy atom. The highest BCUT2D eigenvalue weighted by atomic mass is 16.2. The number of benzene rings is 1. The van der Waals surface area contributed by atoms with Crippen molar-refractivity contribution >= 4 is 22.5 Å². The van der Waals surface area contributed by atoms with Gasteiger partial charge >= 0.3 is 0 Å². The van der Waals surface area contributed by atoms with Gasteiger partial charge in [0.2, 0.25) is 0 Å². The Hall–Kier alpha value is -2.10. The van der Waals surface area contributed by atoms with E-state index in [4.69, 9.17) is 5.73 Å². The molecule has 1 aliphatic rings. The quantitative estimate of drug-likeness (QED) is 0.831. The number of para-hydroxylation sites is 1. The molecule has 1 fully saturated rings. The predicted octanol–water partition coefficient (Wildman–Crippen LogP) is 2.05. The minimum atomic E-state index is -0.00930. The lowest BCUT2D eigenvalue weighted by atomic mass is 10.1. The maximum Gasteiger partial charge on any atom is 0.272 e. The Kier molecular flexibility index (Phi) is 2.63. The fourth-order valence-corrected chi connectivity index (χ4v) is 2.39. The van der Waals surface area contributed by atoms with Gasteiger partial charge in [-0.3, -0.25) is 4.79 Å². The van der Waals surface area contributed by atoms with Gasteiger partial charge in [-0.2, -0.15) is 0 Å². The maximum absolute atomic E-state index is 12.3. The standard InChI is InChI=1S/C14H15N3O/c15-11-9-13(14(18)17-7-3-4-8-17)16-12-6-2-1-5-10(11)12/h1-2,5-6,9H,3-4,7-8H2,(H2,15,16). The molecule has 2 N–H and O–H groups in total. The summed E-state index contributed by atoms with van der Waals surface area (Å²) in [6, 6.07) is 9.30. The number of nitrogens with two attached hydrogens (primary N) is 1. The Balaban J connectivity index is 2.04. The van der Waals surface area contributed by atoms with Gasteiger partial charge in [-0.1, -0.05) is 18.2 Å². The Labute approximate surface area is 105 Å². The zero-order chi connectivity index (χ0) is 12.5. The molecule has 1 amide bonds. The first kappa shape index (κ1) is 11.0. The smallest absolute Gasteiger partial charge is 0.272 e. The molecule has 0 radical (unpaired) electrons. The summed E-state index contributed by atoms with van der Waals surface area (Å²) in [4.78, 5) is 18.5. The van der Waals surface area contributed by atoms with E-state index in [1.807, 2.05) is 29.2 Å². The van der Waals surface area contributed by atoms with Crippen molar-refractivity contribution in [2.45, 2.75) is 12.8 Å². The minimum Gasteiger partial charge on any atom is -0.398 e. The number of likely N-dealkylation sites (tertiary alicyclic amines) is 1. The van der Waals surface area contributed by atoms with Gasteiger partial charge in [-0.15, -0.1) is 0 Å². The van der Waals surface area contributed by atoms with E-state index in [1.165, 1.54) is 0 Å². The number of hydrogen-bond donors (Lipinski definition) is 1. The molecule has 0 spiro atoms. The molecule has 1 aromatic carbocycles. The zero-order valence-corrected chi connectivity index (χ0v) is 10.1. The third-order valence-corrected chi connectivity index (χ3v) is 3.36. The minimum absolute atomic E-state index is 0.00930. The monoisotopic (exact) mass is 241 g/mol. The number of carbonyl (C=O) groups excluding carboxylic acids is 1. The molecule has 0 saturated carbocycles. The van der Waals surface area contributed by atoms with E-state index in [1.54, 1.807) is 6.07 Å². The normalized spacial score (nSPS) is 15.2. The van der Waals surface area contributed by atoms with Crippen molar-refractivity contribution in [3.05, 3.63) is 36.0 Å². The van der Waals surface area contributed by atoms with Crippen LogP contribution in [0.2, 0.25) is 0 Å². The van der Waals surface area contributed by atoms with Crippen LogP contribution in [0.5, 0.6) is 0 Å². The second-order valence-electron chi connectivity index (χ2n) is 4.61. The fraction of sp³-hybridized carbons (Fsp3) is 0.286. The number of carbonyl (C=O) groups is 1. The number of rotatable bonds is 1. The van der Waals surface area contributed by atoms with Crippen molar-refractivity contribution in [1.82, 2.24) is 9.88 Å². The van der Waals surface area contributed by atoms with Crippen molar-refractivity contribution in [2.75, 3.05) is 18.8 Å². The molecule has 0 bridgehead atoms. The van der Waals surface area contributed by atoms with E-state index >= 15 is 0 Å². The Morgan fingerprint density at radius 1 is 1.22 bits per heavy atom. The molecule has 18 heavy (non-hydrogen) atoms. The van der Waals surface area contributed by atoms with Crippen LogP contribution in [-0.2, 0) is 0 Å². The summed E-state index contributed by atoms with van der Waals surface area (Å²) in [6.07, 6.45) is 2.16. The summed E-state index contributed by atoms with van der Waals surface area (Å²) in [5, 5.41) is 0.899. The van der Waals surface area contributed by atoms with Crippen molar-refractivity contribution in [1.29, 1.82) is 0 Å². The van der Waals surface area contributed by atoms with E-state index < -0.39 is 0 Å². The molecule has 0 unspecified atom stereocenters. The van der Waals surface area contributed by atoms with Gasteiger partial charge < -0.3 is 10.6 Å². The molecule has 4 heteroatoms. The van der Waals surface area contributed by atoms with Crippen molar-refractivity contribution in [3.63, 3.8) is 0 Å². The van der Waals surface area contributed by atoms with Crippen LogP contribution in [0.4, 0.5) is 5.69 Å². The van der Waals surface area contributed by atoms with E-state index in [-0.39, 0.29) is 5.91 Å². The summed E-state index contributed by atoms with van der Waals surface area (Å²) in [5.41, 5.74) is 7.83. The highest BCUT2D eigenvalue weighted by molar-refractivity contribution is 5.99. The maximum atomic E-state index is 12.3. The first-order valence-corrected chi connectivity index (χ1v) is 6.20. The van der Waals surface area contributed by atoms with Crippen LogP contribution in [0, 0.1) is 0 Å². The largest absolute Gasteiger partial charge is 0.398 e. The van der Waals surface area contributed by atoms with Crippen LogP contribution in [0.15, 0.2) is 30.3 Å². The van der Waals surface area contributed by atoms with Gasteiger partial charge in [0.25, 0.3) is 5.91 Å². The molecular weight excluding hydrogens is 226 g/mol. The number of pyridine rings is 1. The van der Waals surface area contributed by atoms with E-state index in [9.17, 15) is 4.79 Å². The molecule has 1 aliphatic heterocycles. The molecular formula is C14H15N3O. The third kappa shape index (κ3) is 1.79. The van der Waals surface area contributed by atoms with Crippen molar-refractivity contribution in [3.8, 4) is 0 Å². The highest BCUT2D eigenvalue weighted by Crippen LogP contribution is 2.21. The lowest BCUT2D eigenvalue weighted by Gasteiger charge is -2.15. The molecule has 3 rings (SSSR count). The topological polar surface area (TPSA) is 59.2 Å². The third-order valence-electron chi connectivity index (χ3n) is 3.36. The molecule has 1 saturated heterocycles. The van der Waals surface area contributed by atoms with Gasteiger partial charge in [-0.05, 0) is 25.0 Å². The number of fused-ring (bicyclic) bond motifs is 1. The van der Waals surface area contributed by atoms with E-state index in [2.05, 4.69) is 4.98 Å². The zero-order valence-electron chi connectivity index (χ0n) is 10.1. The lowest BCUT2D eigenvalue weighted by molar-refractivity contribution is 0.0787. The van der Waals surface area contributed by atoms with Crippen LogP contribution in [0.3, 0.4) is 0 Å². The van der Waals surface area contributed by atoms with Gasteiger partial charge in [-0.25, -0.2) is 4.98 Å². The van der Waals surface area contributed by atoms with Crippen LogP contribution in [-0.4, -0.2) is 28.9 Å². The number of nitrogen functional groups attached to an aromatic ring is 1. The Bertz CT molecular complexity index is 603. The first-order valence-electron chi connectivity index (χ1n) is 6.20. The second-order valence-corrected chi connectivity index (χ2v) is 4.61. The number of aromatic nitrogens is 1. The van der Waals surface area contributed by atoms with Crippen LogP contribution in [0.1, 0.15) is 23.3 Å². The molecule has 0 aliphatic carbocycles. The lowest BCUT2D eigenvalue weighted by Crippen LogP contribution is -2.28. The van der Waals surface area contributed by atoms with Crippen LogP contribution < -0.4 is 5.73 Å². The molecule has 4 nitrogen and oxygen atoms in total. The molecule has 2 aromatic rings. The second kappa shape index (κ2) is 4.29. The summed E-state index contributed by atoms with van der Waals surface area (Å²) >= 11 is 0. The number of amides is 1. The molecule has 2 heterocycles. The average Bonchev–Trinajstić information content (AvgIpc) is 2.91. The molecule has 1 aromatic heterocycles. The number of nitrogens with zero attached hydrogens (tertiary/aromatic N) is 2. The average molecular weight is 241 g/mol. The first-order chi connectivity index (χ1) is 8.75. The van der Waals surface area contributed by atoms with Crippen LogP contribution >= 0.6 is 0 Å². The fourth-order valence-electron chi connectivity index (χ4n) is 2.39.